The number of carboxylic acid groups (broad SMARTS) is 1. The molecule has 0 unspecified atom stereocenters. The molecule has 2 rings (SSSR count). The van der Waals surface area contributed by atoms with Crippen molar-refractivity contribution in [2.45, 2.75) is 19.8 Å². The maximum atomic E-state index is 12.6. The minimum atomic E-state index is -1.14. The summed E-state index contributed by atoms with van der Waals surface area (Å²) in [6.45, 7) is 1.71. The van der Waals surface area contributed by atoms with Crippen molar-refractivity contribution in [3.05, 3.63) is 38.7 Å². The Bertz CT molecular complexity index is 860. The number of aliphatic carboxylic acids is 1. The van der Waals surface area contributed by atoms with Crippen LogP contribution in [0, 0.1) is 0 Å². The smallest absolute Gasteiger partial charge is 0.349 e. The zero-order valence-electron chi connectivity index (χ0n) is 13.9. The minimum Gasteiger partial charge on any atom is -0.493 e. The molecule has 0 aliphatic heterocycles. The molecule has 0 radical (unpaired) electrons. The van der Waals surface area contributed by atoms with E-state index in [0.29, 0.717) is 22.0 Å². The molecule has 0 aliphatic rings. The van der Waals surface area contributed by atoms with Crippen molar-refractivity contribution in [2.24, 2.45) is 0 Å². The van der Waals surface area contributed by atoms with Gasteiger partial charge >= 0.3 is 11.6 Å². The molecule has 0 saturated carbocycles. The number of carbonyl (C=O) groups is 2. The number of ether oxygens (including phenoxy) is 1. The van der Waals surface area contributed by atoms with E-state index in [9.17, 15) is 14.4 Å². The number of hydrogen-bond acceptors (Lipinski definition) is 5. The van der Waals surface area contributed by atoms with Crippen molar-refractivity contribution in [3.8, 4) is 5.75 Å². The number of benzene rings is 1. The molecule has 2 aromatic rings. The first kappa shape index (κ1) is 19.0. The zero-order chi connectivity index (χ0) is 18.6. The summed E-state index contributed by atoms with van der Waals surface area (Å²) in [7, 11) is 1.44. The van der Waals surface area contributed by atoms with Gasteiger partial charge in [-0.1, -0.05) is 29.3 Å². The van der Waals surface area contributed by atoms with Gasteiger partial charge in [-0.3, -0.25) is 9.59 Å². The first-order valence-corrected chi connectivity index (χ1v) is 8.49. The van der Waals surface area contributed by atoms with Crippen LogP contribution in [0.2, 0.25) is 0 Å². The van der Waals surface area contributed by atoms with E-state index in [4.69, 9.17) is 14.3 Å². The Morgan fingerprint density at radius 1 is 1.32 bits per heavy atom. The molecule has 134 valence electrons. The molecular formula is C17H18BrNO6. The average Bonchev–Trinajstić information content (AvgIpc) is 2.56. The van der Waals surface area contributed by atoms with Gasteiger partial charge in [0.2, 0.25) is 0 Å². The van der Waals surface area contributed by atoms with E-state index >= 15 is 0 Å². The summed E-state index contributed by atoms with van der Waals surface area (Å²) in [5.74, 6) is -1.45. The normalized spacial score (nSPS) is 10.7. The van der Waals surface area contributed by atoms with Gasteiger partial charge in [-0.05, 0) is 24.6 Å². The van der Waals surface area contributed by atoms with E-state index in [2.05, 4.69) is 15.9 Å². The van der Waals surface area contributed by atoms with E-state index < -0.39 is 24.0 Å². The first-order valence-electron chi connectivity index (χ1n) is 7.69. The van der Waals surface area contributed by atoms with Gasteiger partial charge < -0.3 is 19.2 Å². The highest BCUT2D eigenvalue weighted by Gasteiger charge is 2.23. The minimum absolute atomic E-state index is 0.204. The van der Waals surface area contributed by atoms with Crippen molar-refractivity contribution in [1.29, 1.82) is 0 Å². The van der Waals surface area contributed by atoms with Crippen molar-refractivity contribution >= 4 is 38.8 Å². The quantitative estimate of drug-likeness (QED) is 0.703. The molecule has 0 spiro atoms. The monoisotopic (exact) mass is 411 g/mol. The number of hydrogen-bond donors (Lipinski definition) is 1. The van der Waals surface area contributed by atoms with Crippen LogP contribution in [0.25, 0.3) is 11.0 Å². The number of carboxylic acids is 1. The lowest BCUT2D eigenvalue weighted by molar-refractivity contribution is -0.137. The maximum absolute atomic E-state index is 12.6. The topological polar surface area (TPSA) is 97.1 Å². The SMILES string of the molecule is CCCCN(CC(=O)O)C(=O)c1cc2cc(Br)cc(OC)c2oc1=O. The largest absolute Gasteiger partial charge is 0.493 e. The fourth-order valence-electron chi connectivity index (χ4n) is 2.40. The first-order chi connectivity index (χ1) is 11.9. The lowest BCUT2D eigenvalue weighted by Gasteiger charge is -2.20. The number of unbranched alkanes of at least 4 members (excludes halogenated alkanes) is 1. The molecule has 1 heterocycles. The molecule has 0 bridgehead atoms. The molecule has 7 nitrogen and oxygen atoms in total. The van der Waals surface area contributed by atoms with Gasteiger partial charge in [0.05, 0.1) is 7.11 Å². The molecule has 1 amide bonds. The second kappa shape index (κ2) is 8.15. The van der Waals surface area contributed by atoms with E-state index in [0.717, 1.165) is 11.3 Å². The molecule has 1 N–H and O–H groups in total. The van der Waals surface area contributed by atoms with Crippen LogP contribution < -0.4 is 10.4 Å². The van der Waals surface area contributed by atoms with Gasteiger partial charge in [-0.2, -0.15) is 0 Å². The van der Waals surface area contributed by atoms with Crippen molar-refractivity contribution in [2.75, 3.05) is 20.2 Å². The number of methoxy groups -OCH3 is 1. The molecule has 1 aromatic carbocycles. The Kier molecular flexibility index (Phi) is 6.19. The highest BCUT2D eigenvalue weighted by molar-refractivity contribution is 9.10. The third-order valence-corrected chi connectivity index (χ3v) is 4.07. The van der Waals surface area contributed by atoms with Crippen LogP contribution in [0.4, 0.5) is 0 Å². The van der Waals surface area contributed by atoms with Gasteiger partial charge in [0.1, 0.15) is 12.1 Å². The van der Waals surface area contributed by atoms with E-state index in [1.165, 1.54) is 13.2 Å². The molecule has 0 fully saturated rings. The number of halogens is 1. The average molecular weight is 412 g/mol. The summed E-state index contributed by atoms with van der Waals surface area (Å²) in [5, 5.41) is 9.51. The Hall–Kier alpha value is -2.35. The van der Waals surface area contributed by atoms with Crippen LogP contribution in [0.5, 0.6) is 5.75 Å². The van der Waals surface area contributed by atoms with Crippen LogP contribution in [0.3, 0.4) is 0 Å². The lowest BCUT2D eigenvalue weighted by Crippen LogP contribution is -2.38. The van der Waals surface area contributed by atoms with Crippen LogP contribution in [0.1, 0.15) is 30.1 Å². The number of carbonyl (C=O) groups excluding carboxylic acids is 1. The van der Waals surface area contributed by atoms with Gasteiger partial charge in [-0.15, -0.1) is 0 Å². The fourth-order valence-corrected chi connectivity index (χ4v) is 2.86. The Labute approximate surface area is 152 Å². The highest BCUT2D eigenvalue weighted by Crippen LogP contribution is 2.29. The molecule has 0 atom stereocenters. The van der Waals surface area contributed by atoms with Gasteiger partial charge in [-0.25, -0.2) is 4.79 Å². The Balaban J connectivity index is 2.51. The third kappa shape index (κ3) is 4.39. The van der Waals surface area contributed by atoms with Gasteiger partial charge in [0.25, 0.3) is 5.91 Å². The van der Waals surface area contributed by atoms with Crippen LogP contribution in [-0.4, -0.2) is 42.1 Å². The number of nitrogens with zero attached hydrogens (tertiary/aromatic N) is 1. The van der Waals surface area contributed by atoms with E-state index in [1.54, 1.807) is 12.1 Å². The van der Waals surface area contributed by atoms with Crippen molar-refractivity contribution in [1.82, 2.24) is 4.90 Å². The zero-order valence-corrected chi connectivity index (χ0v) is 15.5. The molecule has 0 saturated heterocycles. The molecule has 25 heavy (non-hydrogen) atoms. The second-order valence-corrected chi connectivity index (χ2v) is 6.36. The fraction of sp³-hybridized carbons (Fsp3) is 0.353. The Morgan fingerprint density at radius 3 is 2.64 bits per heavy atom. The van der Waals surface area contributed by atoms with Crippen molar-refractivity contribution in [3.63, 3.8) is 0 Å². The highest BCUT2D eigenvalue weighted by atomic mass is 79.9. The van der Waals surface area contributed by atoms with Crippen LogP contribution in [0.15, 0.2) is 31.9 Å². The summed E-state index contributed by atoms with van der Waals surface area (Å²) in [6.07, 6.45) is 1.43. The summed E-state index contributed by atoms with van der Waals surface area (Å²) in [4.78, 5) is 37.1. The number of rotatable bonds is 7. The van der Waals surface area contributed by atoms with E-state index in [-0.39, 0.29) is 17.7 Å². The van der Waals surface area contributed by atoms with Crippen LogP contribution in [-0.2, 0) is 4.79 Å². The van der Waals surface area contributed by atoms with E-state index in [1.807, 2.05) is 6.92 Å². The predicted molar refractivity (Wildman–Crippen MR) is 95.2 cm³/mol. The second-order valence-electron chi connectivity index (χ2n) is 5.45. The summed E-state index contributed by atoms with van der Waals surface area (Å²) < 4.78 is 11.1. The summed E-state index contributed by atoms with van der Waals surface area (Å²) >= 11 is 3.33. The number of fused-ring (bicyclic) bond motifs is 1. The maximum Gasteiger partial charge on any atom is 0.349 e. The lowest BCUT2D eigenvalue weighted by atomic mass is 10.1. The number of amides is 1. The summed E-state index contributed by atoms with van der Waals surface area (Å²) in [5.41, 5.74) is -0.805. The predicted octanol–water partition coefficient (Wildman–Crippen LogP) is 2.89. The van der Waals surface area contributed by atoms with Crippen LogP contribution >= 0.6 is 15.9 Å². The Morgan fingerprint density at radius 2 is 2.04 bits per heavy atom. The summed E-state index contributed by atoms with van der Waals surface area (Å²) in [6, 6.07) is 4.73. The molecule has 0 aliphatic carbocycles. The van der Waals surface area contributed by atoms with Gasteiger partial charge in [0, 0.05) is 16.4 Å². The van der Waals surface area contributed by atoms with Gasteiger partial charge in [0.15, 0.2) is 11.3 Å². The third-order valence-electron chi connectivity index (χ3n) is 3.61. The van der Waals surface area contributed by atoms with Crippen molar-refractivity contribution < 1.29 is 23.8 Å². The molecule has 8 heteroatoms. The molecular weight excluding hydrogens is 394 g/mol. The standard InChI is InChI=1S/C17H18BrNO6/c1-3-4-5-19(9-14(20)21)16(22)12-7-10-6-11(18)8-13(24-2)15(10)25-17(12)23/h6-8H,3-5,9H2,1-2H3,(H,20,21). The molecule has 1 aromatic heterocycles.